The molecule has 2 aromatic rings. The second-order valence-electron chi connectivity index (χ2n) is 3.44. The summed E-state index contributed by atoms with van der Waals surface area (Å²) in [6, 6.07) is 4.72. The van der Waals surface area contributed by atoms with Crippen molar-refractivity contribution in [2.45, 2.75) is 6.18 Å². The largest absolute Gasteiger partial charge is 0.475 e. The minimum Gasteiger partial charge on any atom is -0.475 e. The summed E-state index contributed by atoms with van der Waals surface area (Å²) >= 11 is 0. The molecule has 0 saturated carbocycles. The number of hydrogen-bond acceptors (Lipinski definition) is 2. The predicted octanol–water partition coefficient (Wildman–Crippen LogP) is 2.59. The van der Waals surface area contributed by atoms with Crippen LogP contribution >= 0.6 is 0 Å². The third-order valence-electron chi connectivity index (χ3n) is 2.30. The van der Waals surface area contributed by atoms with Crippen LogP contribution < -0.4 is 0 Å². The molecule has 1 aromatic heterocycles. The van der Waals surface area contributed by atoms with Gasteiger partial charge in [0, 0.05) is 12.4 Å². The standard InChI is InChI=1S/C11H7F3N2O2/c12-11(13,14)7-3-1-2-4-8(7)16-6-5-15-9(16)10(17)18/h1-6H,(H,17,18). The minimum atomic E-state index is -4.56. The van der Waals surface area contributed by atoms with E-state index in [0.29, 0.717) is 0 Å². The highest BCUT2D eigenvalue weighted by Crippen LogP contribution is 2.33. The molecule has 0 atom stereocenters. The number of aromatic nitrogens is 2. The first-order valence-corrected chi connectivity index (χ1v) is 4.84. The van der Waals surface area contributed by atoms with Crippen LogP contribution in [-0.4, -0.2) is 20.6 Å². The summed E-state index contributed by atoms with van der Waals surface area (Å²) in [6.45, 7) is 0. The molecule has 18 heavy (non-hydrogen) atoms. The fraction of sp³-hybridized carbons (Fsp3) is 0.0909. The van der Waals surface area contributed by atoms with Crippen molar-refractivity contribution in [1.29, 1.82) is 0 Å². The van der Waals surface area contributed by atoms with Crippen molar-refractivity contribution in [1.82, 2.24) is 9.55 Å². The van der Waals surface area contributed by atoms with E-state index in [1.807, 2.05) is 0 Å². The lowest BCUT2D eigenvalue weighted by atomic mass is 10.1. The normalized spacial score (nSPS) is 11.5. The molecule has 0 amide bonds. The molecule has 2 rings (SSSR count). The topological polar surface area (TPSA) is 55.1 Å². The summed E-state index contributed by atoms with van der Waals surface area (Å²) in [5.41, 5.74) is -1.18. The zero-order valence-corrected chi connectivity index (χ0v) is 8.85. The van der Waals surface area contributed by atoms with Crippen molar-refractivity contribution in [2.24, 2.45) is 0 Å². The van der Waals surface area contributed by atoms with Crippen LogP contribution in [0.5, 0.6) is 0 Å². The van der Waals surface area contributed by atoms with Gasteiger partial charge < -0.3 is 5.11 Å². The van der Waals surface area contributed by atoms with Gasteiger partial charge in [0.15, 0.2) is 0 Å². The van der Waals surface area contributed by atoms with Gasteiger partial charge in [-0.3, -0.25) is 4.57 Å². The SMILES string of the molecule is O=C(O)c1nccn1-c1ccccc1C(F)(F)F. The molecule has 1 aromatic carbocycles. The van der Waals surface area contributed by atoms with E-state index in [0.717, 1.165) is 16.8 Å². The van der Waals surface area contributed by atoms with E-state index in [4.69, 9.17) is 5.11 Å². The maximum Gasteiger partial charge on any atom is 0.418 e. The van der Waals surface area contributed by atoms with Gasteiger partial charge >= 0.3 is 12.1 Å². The number of aromatic carboxylic acids is 1. The zero-order valence-electron chi connectivity index (χ0n) is 8.85. The number of para-hydroxylation sites is 1. The lowest BCUT2D eigenvalue weighted by molar-refractivity contribution is -0.137. The van der Waals surface area contributed by atoms with Crippen molar-refractivity contribution in [2.75, 3.05) is 0 Å². The van der Waals surface area contributed by atoms with Crippen molar-refractivity contribution < 1.29 is 23.1 Å². The van der Waals surface area contributed by atoms with Crippen LogP contribution in [0, 0.1) is 0 Å². The number of rotatable bonds is 2. The van der Waals surface area contributed by atoms with Crippen molar-refractivity contribution in [3.8, 4) is 5.69 Å². The van der Waals surface area contributed by atoms with E-state index in [1.54, 1.807) is 0 Å². The van der Waals surface area contributed by atoms with E-state index < -0.39 is 23.5 Å². The number of imidazole rings is 1. The molecule has 0 fully saturated rings. The molecule has 1 N–H and O–H groups in total. The van der Waals surface area contributed by atoms with Crippen molar-refractivity contribution in [3.05, 3.63) is 48.0 Å². The molecule has 4 nitrogen and oxygen atoms in total. The van der Waals surface area contributed by atoms with Crippen LogP contribution in [0.25, 0.3) is 5.69 Å². The quantitative estimate of drug-likeness (QED) is 0.898. The van der Waals surface area contributed by atoms with E-state index in [9.17, 15) is 18.0 Å². The summed E-state index contributed by atoms with van der Waals surface area (Å²) in [5.74, 6) is -1.86. The summed E-state index contributed by atoms with van der Waals surface area (Å²) in [7, 11) is 0. The highest BCUT2D eigenvalue weighted by Gasteiger charge is 2.34. The van der Waals surface area contributed by atoms with Crippen LogP contribution in [0.4, 0.5) is 13.2 Å². The van der Waals surface area contributed by atoms with E-state index in [-0.39, 0.29) is 5.69 Å². The number of carboxylic acid groups (broad SMARTS) is 1. The molecule has 7 heteroatoms. The number of hydrogen-bond donors (Lipinski definition) is 1. The monoisotopic (exact) mass is 256 g/mol. The van der Waals surface area contributed by atoms with Crippen LogP contribution in [0.2, 0.25) is 0 Å². The predicted molar refractivity (Wildman–Crippen MR) is 55.5 cm³/mol. The number of carbonyl (C=O) groups is 1. The van der Waals surface area contributed by atoms with Crippen LogP contribution in [0.3, 0.4) is 0 Å². The van der Waals surface area contributed by atoms with E-state index >= 15 is 0 Å². The average molecular weight is 256 g/mol. The maximum atomic E-state index is 12.8. The van der Waals surface area contributed by atoms with Crippen molar-refractivity contribution >= 4 is 5.97 Å². The summed E-state index contributed by atoms with van der Waals surface area (Å²) in [5, 5.41) is 8.84. The molecule has 0 aliphatic heterocycles. The first-order valence-electron chi connectivity index (χ1n) is 4.84. The molecule has 0 bridgehead atoms. The molecule has 0 spiro atoms. The van der Waals surface area contributed by atoms with Gasteiger partial charge in [-0.05, 0) is 12.1 Å². The Balaban J connectivity index is 2.65. The Kier molecular flexibility index (Phi) is 2.82. The van der Waals surface area contributed by atoms with Gasteiger partial charge in [-0.25, -0.2) is 9.78 Å². The Hall–Kier alpha value is -2.31. The molecule has 0 aliphatic rings. The first kappa shape index (κ1) is 12.2. The highest BCUT2D eigenvalue weighted by molar-refractivity contribution is 5.84. The van der Waals surface area contributed by atoms with Gasteiger partial charge in [-0.2, -0.15) is 13.2 Å². The number of halogens is 3. The third-order valence-corrected chi connectivity index (χ3v) is 2.30. The maximum absolute atomic E-state index is 12.8. The first-order chi connectivity index (χ1) is 8.41. The number of nitrogens with zero attached hydrogens (tertiary/aromatic N) is 2. The van der Waals surface area contributed by atoms with Crippen LogP contribution in [0.15, 0.2) is 36.7 Å². The van der Waals surface area contributed by atoms with E-state index in [2.05, 4.69) is 4.98 Å². The Labute approximate surface area is 99.3 Å². The minimum absolute atomic E-state index is 0.264. The molecule has 0 aliphatic carbocycles. The third kappa shape index (κ3) is 2.06. The smallest absolute Gasteiger partial charge is 0.418 e. The average Bonchev–Trinajstić information content (AvgIpc) is 2.76. The fourth-order valence-electron chi connectivity index (χ4n) is 1.58. The van der Waals surface area contributed by atoms with Gasteiger partial charge in [0.05, 0.1) is 11.3 Å². The number of carboxylic acids is 1. The van der Waals surface area contributed by atoms with Gasteiger partial charge in [0.25, 0.3) is 0 Å². The highest BCUT2D eigenvalue weighted by atomic mass is 19.4. The lowest BCUT2D eigenvalue weighted by Gasteiger charge is -2.13. The molecule has 0 unspecified atom stereocenters. The van der Waals surface area contributed by atoms with Gasteiger partial charge in [0.2, 0.25) is 5.82 Å². The molecular formula is C11H7F3N2O2. The lowest BCUT2D eigenvalue weighted by Crippen LogP contribution is -2.14. The van der Waals surface area contributed by atoms with Gasteiger partial charge in [0.1, 0.15) is 0 Å². The second-order valence-corrected chi connectivity index (χ2v) is 3.44. The Morgan fingerprint density at radius 1 is 1.28 bits per heavy atom. The number of alkyl halides is 3. The summed E-state index contributed by atoms with van der Waals surface area (Å²) in [4.78, 5) is 14.4. The summed E-state index contributed by atoms with van der Waals surface area (Å²) < 4.78 is 39.3. The molecule has 94 valence electrons. The number of benzene rings is 1. The van der Waals surface area contributed by atoms with Crippen molar-refractivity contribution in [3.63, 3.8) is 0 Å². The fourth-order valence-corrected chi connectivity index (χ4v) is 1.58. The molecule has 0 radical (unpaired) electrons. The second kappa shape index (κ2) is 4.17. The Bertz CT molecular complexity index is 590. The zero-order chi connectivity index (χ0) is 13.3. The van der Waals surface area contributed by atoms with Crippen LogP contribution in [-0.2, 0) is 6.18 Å². The molecule has 0 saturated heterocycles. The van der Waals surface area contributed by atoms with Gasteiger partial charge in [-0.1, -0.05) is 12.1 Å². The van der Waals surface area contributed by atoms with Gasteiger partial charge in [-0.15, -0.1) is 0 Å². The van der Waals surface area contributed by atoms with Crippen LogP contribution in [0.1, 0.15) is 16.2 Å². The summed E-state index contributed by atoms with van der Waals surface area (Å²) in [6.07, 6.45) is -2.25. The Morgan fingerprint density at radius 2 is 1.94 bits per heavy atom. The molecule has 1 heterocycles. The molecular weight excluding hydrogens is 249 g/mol. The Morgan fingerprint density at radius 3 is 2.56 bits per heavy atom. The van der Waals surface area contributed by atoms with E-state index in [1.165, 1.54) is 24.4 Å².